The first-order valence-electron chi connectivity index (χ1n) is 6.45. The van der Waals surface area contributed by atoms with Gasteiger partial charge in [-0.2, -0.15) is 5.26 Å². The Bertz CT molecular complexity index is 796. The summed E-state index contributed by atoms with van der Waals surface area (Å²) in [4.78, 5) is 9.00. The fraction of sp³-hybridized carbons (Fsp3) is 0.0625. The van der Waals surface area contributed by atoms with Crippen molar-refractivity contribution < 1.29 is 0 Å². The van der Waals surface area contributed by atoms with Gasteiger partial charge in [0.05, 0.1) is 17.3 Å². The summed E-state index contributed by atoms with van der Waals surface area (Å²) in [5.41, 5.74) is 1.84. The summed E-state index contributed by atoms with van der Waals surface area (Å²) in [5, 5.41) is 13.6. The van der Waals surface area contributed by atoms with Gasteiger partial charge in [-0.25, -0.2) is 9.97 Å². The van der Waals surface area contributed by atoms with Crippen LogP contribution in [-0.4, -0.2) is 15.7 Å². The highest BCUT2D eigenvalue weighted by molar-refractivity contribution is 7.99. The van der Waals surface area contributed by atoms with Crippen molar-refractivity contribution in [1.82, 2.24) is 9.97 Å². The third kappa shape index (κ3) is 3.12. The molecule has 4 nitrogen and oxygen atoms in total. The van der Waals surface area contributed by atoms with E-state index in [1.54, 1.807) is 0 Å². The minimum atomic E-state index is 0.336. The van der Waals surface area contributed by atoms with Gasteiger partial charge >= 0.3 is 0 Å². The van der Waals surface area contributed by atoms with E-state index in [-0.39, 0.29) is 0 Å². The zero-order chi connectivity index (χ0) is 14.5. The van der Waals surface area contributed by atoms with Crippen LogP contribution in [0.5, 0.6) is 0 Å². The van der Waals surface area contributed by atoms with Crippen LogP contribution in [0, 0.1) is 11.3 Å². The summed E-state index contributed by atoms with van der Waals surface area (Å²) in [6.45, 7) is 0. The molecule has 21 heavy (non-hydrogen) atoms. The van der Waals surface area contributed by atoms with Crippen LogP contribution in [0.3, 0.4) is 0 Å². The van der Waals surface area contributed by atoms with Crippen LogP contribution in [0.15, 0.2) is 59.8 Å². The van der Waals surface area contributed by atoms with Crippen LogP contribution in [0.1, 0.15) is 0 Å². The number of nitriles is 1. The number of rotatable bonds is 4. The topological polar surface area (TPSA) is 61.6 Å². The molecule has 0 saturated heterocycles. The van der Waals surface area contributed by atoms with E-state index in [0.717, 1.165) is 22.4 Å². The third-order valence-corrected chi connectivity index (χ3v) is 3.60. The Hall–Kier alpha value is -2.58. The normalized spacial score (nSPS) is 10.2. The Morgan fingerprint density at radius 2 is 1.76 bits per heavy atom. The Balaban J connectivity index is 2.04. The van der Waals surface area contributed by atoms with Gasteiger partial charge in [-0.05, 0) is 24.3 Å². The lowest BCUT2D eigenvalue weighted by molar-refractivity contribution is 1.01. The lowest BCUT2D eigenvalue weighted by Gasteiger charge is -2.10. The molecule has 1 heterocycles. The molecule has 5 heteroatoms. The van der Waals surface area contributed by atoms with Gasteiger partial charge in [0.1, 0.15) is 5.82 Å². The Kier molecular flexibility index (Phi) is 3.99. The molecule has 3 rings (SSSR count). The average molecular weight is 292 g/mol. The smallest absolute Gasteiger partial charge is 0.191 e. The molecule has 0 radical (unpaired) electrons. The van der Waals surface area contributed by atoms with Crippen molar-refractivity contribution in [2.45, 2.75) is 5.16 Å². The number of para-hydroxylation sites is 2. The van der Waals surface area contributed by atoms with Crippen LogP contribution in [0.4, 0.5) is 11.5 Å². The molecule has 1 aromatic heterocycles. The Morgan fingerprint density at radius 3 is 2.57 bits per heavy atom. The maximum Gasteiger partial charge on any atom is 0.191 e. The SMILES string of the molecule is N#CCSc1nc(Nc2ccccc2)c2ccccc2n1. The number of thioether (sulfide) groups is 1. The summed E-state index contributed by atoms with van der Waals surface area (Å²) < 4.78 is 0. The molecule has 0 spiro atoms. The summed E-state index contributed by atoms with van der Waals surface area (Å²) in [6, 6.07) is 19.8. The van der Waals surface area contributed by atoms with Crippen LogP contribution in [-0.2, 0) is 0 Å². The first kappa shape index (κ1) is 13.4. The highest BCUT2D eigenvalue weighted by Crippen LogP contribution is 2.26. The number of aromatic nitrogens is 2. The molecule has 1 N–H and O–H groups in total. The first-order valence-corrected chi connectivity index (χ1v) is 7.44. The van der Waals surface area contributed by atoms with E-state index in [4.69, 9.17) is 5.26 Å². The highest BCUT2D eigenvalue weighted by Gasteiger charge is 2.08. The van der Waals surface area contributed by atoms with Gasteiger partial charge in [0.2, 0.25) is 0 Å². The Labute approximate surface area is 126 Å². The van der Waals surface area contributed by atoms with E-state index in [9.17, 15) is 0 Å². The lowest BCUT2D eigenvalue weighted by Crippen LogP contribution is -1.98. The lowest BCUT2D eigenvalue weighted by atomic mass is 10.2. The fourth-order valence-corrected chi connectivity index (χ4v) is 2.48. The predicted molar refractivity (Wildman–Crippen MR) is 85.6 cm³/mol. The van der Waals surface area contributed by atoms with Gasteiger partial charge < -0.3 is 5.32 Å². The monoisotopic (exact) mass is 292 g/mol. The summed E-state index contributed by atoms with van der Waals surface area (Å²) in [6.07, 6.45) is 0. The molecule has 0 aliphatic heterocycles. The van der Waals surface area contributed by atoms with Crippen LogP contribution in [0.2, 0.25) is 0 Å². The summed E-state index contributed by atoms with van der Waals surface area (Å²) >= 11 is 1.34. The maximum absolute atomic E-state index is 8.70. The number of hydrogen-bond acceptors (Lipinski definition) is 5. The minimum Gasteiger partial charge on any atom is -0.340 e. The van der Waals surface area contributed by atoms with Crippen LogP contribution in [0.25, 0.3) is 10.9 Å². The van der Waals surface area contributed by atoms with Gasteiger partial charge in [-0.1, -0.05) is 42.1 Å². The molecular weight excluding hydrogens is 280 g/mol. The van der Waals surface area contributed by atoms with Crippen molar-refractivity contribution in [2.24, 2.45) is 0 Å². The zero-order valence-electron chi connectivity index (χ0n) is 11.2. The summed E-state index contributed by atoms with van der Waals surface area (Å²) in [5.74, 6) is 1.09. The van der Waals surface area contributed by atoms with E-state index in [1.165, 1.54) is 11.8 Å². The van der Waals surface area contributed by atoms with Gasteiger partial charge in [-0.3, -0.25) is 0 Å². The maximum atomic E-state index is 8.70. The average Bonchev–Trinajstić information content (AvgIpc) is 2.54. The molecule has 0 atom stereocenters. The molecule has 102 valence electrons. The molecule has 0 bridgehead atoms. The van der Waals surface area contributed by atoms with E-state index >= 15 is 0 Å². The van der Waals surface area contributed by atoms with Crippen LogP contribution >= 0.6 is 11.8 Å². The predicted octanol–water partition coefficient (Wildman–Crippen LogP) is 3.99. The van der Waals surface area contributed by atoms with Crippen molar-refractivity contribution in [3.05, 3.63) is 54.6 Å². The molecule has 0 aliphatic carbocycles. The Morgan fingerprint density at radius 1 is 1.00 bits per heavy atom. The third-order valence-electron chi connectivity index (χ3n) is 2.89. The molecule has 0 amide bonds. The number of nitrogens with one attached hydrogen (secondary N) is 1. The molecule has 0 unspecified atom stereocenters. The second-order valence-electron chi connectivity index (χ2n) is 4.31. The molecular formula is C16H12N4S. The largest absolute Gasteiger partial charge is 0.340 e. The van der Waals surface area contributed by atoms with E-state index in [1.807, 2.05) is 54.6 Å². The fourth-order valence-electron chi connectivity index (χ4n) is 1.97. The first-order chi connectivity index (χ1) is 10.4. The quantitative estimate of drug-likeness (QED) is 0.582. The number of nitrogens with zero attached hydrogens (tertiary/aromatic N) is 3. The summed E-state index contributed by atoms with van der Waals surface area (Å²) in [7, 11) is 0. The van der Waals surface area contributed by atoms with Crippen molar-refractivity contribution in [3.63, 3.8) is 0 Å². The minimum absolute atomic E-state index is 0.336. The molecule has 0 fully saturated rings. The van der Waals surface area contributed by atoms with E-state index in [2.05, 4.69) is 21.4 Å². The van der Waals surface area contributed by atoms with Crippen LogP contribution < -0.4 is 5.32 Å². The highest BCUT2D eigenvalue weighted by atomic mass is 32.2. The van der Waals surface area contributed by atoms with E-state index in [0.29, 0.717) is 10.9 Å². The molecule has 2 aromatic carbocycles. The number of benzene rings is 2. The van der Waals surface area contributed by atoms with Crippen molar-refractivity contribution in [3.8, 4) is 6.07 Å². The molecule has 3 aromatic rings. The molecule has 0 aliphatic rings. The standard InChI is InChI=1S/C16H12N4S/c17-10-11-21-16-19-14-9-5-4-8-13(14)15(20-16)18-12-6-2-1-3-7-12/h1-9H,11H2,(H,18,19,20). The van der Waals surface area contributed by atoms with Gasteiger partial charge in [0.15, 0.2) is 5.16 Å². The van der Waals surface area contributed by atoms with Gasteiger partial charge in [0, 0.05) is 11.1 Å². The van der Waals surface area contributed by atoms with Crippen molar-refractivity contribution in [2.75, 3.05) is 11.1 Å². The second-order valence-corrected chi connectivity index (χ2v) is 5.25. The number of fused-ring (bicyclic) bond motifs is 1. The van der Waals surface area contributed by atoms with Gasteiger partial charge in [0.25, 0.3) is 0 Å². The van der Waals surface area contributed by atoms with Gasteiger partial charge in [-0.15, -0.1) is 0 Å². The second kappa shape index (κ2) is 6.25. The zero-order valence-corrected chi connectivity index (χ0v) is 12.0. The van der Waals surface area contributed by atoms with Crippen molar-refractivity contribution in [1.29, 1.82) is 5.26 Å². The number of anilines is 2. The van der Waals surface area contributed by atoms with E-state index < -0.39 is 0 Å². The molecule has 0 saturated carbocycles. The van der Waals surface area contributed by atoms with Crippen molar-refractivity contribution >= 4 is 34.2 Å². The number of hydrogen-bond donors (Lipinski definition) is 1.